The van der Waals surface area contributed by atoms with Gasteiger partial charge in [-0.3, -0.25) is 0 Å². The van der Waals surface area contributed by atoms with Crippen LogP contribution in [0.4, 0.5) is 0 Å². The Morgan fingerprint density at radius 1 is 1.61 bits per heavy atom. The van der Waals surface area contributed by atoms with Crippen molar-refractivity contribution >= 4 is 27.3 Å². The van der Waals surface area contributed by atoms with E-state index in [4.69, 9.17) is 5.11 Å². The summed E-state index contributed by atoms with van der Waals surface area (Å²) in [5, 5.41) is 9.45. The van der Waals surface area contributed by atoms with Gasteiger partial charge in [-0.25, -0.2) is 18.2 Å². The van der Waals surface area contributed by atoms with E-state index in [9.17, 15) is 13.2 Å². The number of aryl methyl sites for hydroxylation is 1. The van der Waals surface area contributed by atoms with Gasteiger partial charge in [-0.15, -0.1) is 11.3 Å². The maximum atomic E-state index is 11.8. The van der Waals surface area contributed by atoms with Crippen molar-refractivity contribution in [1.82, 2.24) is 9.29 Å². The van der Waals surface area contributed by atoms with Crippen LogP contribution in [0.2, 0.25) is 0 Å². The summed E-state index contributed by atoms with van der Waals surface area (Å²) in [4.78, 5) is 15.2. The molecular formula is C10H14N2O4S2. The summed E-state index contributed by atoms with van der Waals surface area (Å²) in [5.74, 6) is -0.757. The SMILES string of the molecule is Cc1nc(CN2CC(C)CS2(=O)=O)sc1C(=O)O. The Labute approximate surface area is 109 Å². The summed E-state index contributed by atoms with van der Waals surface area (Å²) in [6.45, 7) is 4.15. The van der Waals surface area contributed by atoms with Crippen molar-refractivity contribution in [3.63, 3.8) is 0 Å². The number of carboxylic acids is 1. The second-order valence-corrected chi connectivity index (χ2v) is 7.60. The Kier molecular flexibility index (Phi) is 3.43. The second kappa shape index (κ2) is 4.60. The number of aromatic carboxylic acids is 1. The van der Waals surface area contributed by atoms with E-state index in [1.165, 1.54) is 4.31 Å². The van der Waals surface area contributed by atoms with Gasteiger partial charge in [0.05, 0.1) is 18.0 Å². The van der Waals surface area contributed by atoms with Gasteiger partial charge in [0.2, 0.25) is 10.0 Å². The van der Waals surface area contributed by atoms with Gasteiger partial charge in [0.15, 0.2) is 0 Å². The smallest absolute Gasteiger partial charge is 0.347 e. The fourth-order valence-electron chi connectivity index (χ4n) is 2.01. The Balaban J connectivity index is 2.20. The molecule has 1 aliphatic rings. The highest BCUT2D eigenvalue weighted by molar-refractivity contribution is 7.89. The molecule has 0 aromatic carbocycles. The lowest BCUT2D eigenvalue weighted by Crippen LogP contribution is -2.25. The van der Waals surface area contributed by atoms with Crippen LogP contribution in [0, 0.1) is 12.8 Å². The van der Waals surface area contributed by atoms with Crippen molar-refractivity contribution < 1.29 is 18.3 Å². The average Bonchev–Trinajstić information content (AvgIpc) is 2.68. The van der Waals surface area contributed by atoms with Gasteiger partial charge in [-0.1, -0.05) is 6.92 Å². The molecule has 1 unspecified atom stereocenters. The van der Waals surface area contributed by atoms with Crippen LogP contribution in [0.1, 0.15) is 27.3 Å². The Hall–Kier alpha value is -0.990. The zero-order valence-electron chi connectivity index (χ0n) is 10.1. The fourth-order valence-corrected chi connectivity index (χ4v) is 4.85. The Morgan fingerprint density at radius 2 is 2.28 bits per heavy atom. The first kappa shape index (κ1) is 13.4. The quantitative estimate of drug-likeness (QED) is 0.894. The van der Waals surface area contributed by atoms with Gasteiger partial charge in [0.1, 0.15) is 9.88 Å². The minimum atomic E-state index is -3.21. The second-order valence-electron chi connectivity index (χ2n) is 4.50. The highest BCUT2D eigenvalue weighted by Gasteiger charge is 2.34. The lowest BCUT2D eigenvalue weighted by molar-refractivity contribution is 0.0701. The van der Waals surface area contributed by atoms with Crippen molar-refractivity contribution in [2.75, 3.05) is 12.3 Å². The highest BCUT2D eigenvalue weighted by Crippen LogP contribution is 2.25. The van der Waals surface area contributed by atoms with Gasteiger partial charge in [0, 0.05) is 6.54 Å². The standard InChI is InChI=1S/C10H14N2O4S2/c1-6-3-12(18(15,16)5-6)4-8-11-7(2)9(17-8)10(13)14/h6H,3-5H2,1-2H3,(H,13,14). The monoisotopic (exact) mass is 290 g/mol. The van der Waals surface area contributed by atoms with Gasteiger partial charge in [-0.05, 0) is 12.8 Å². The number of hydrogen-bond donors (Lipinski definition) is 1. The molecule has 1 aromatic heterocycles. The summed E-state index contributed by atoms with van der Waals surface area (Å²) in [6.07, 6.45) is 0. The van der Waals surface area contributed by atoms with Crippen LogP contribution in [0.15, 0.2) is 0 Å². The van der Waals surface area contributed by atoms with Crippen molar-refractivity contribution in [2.45, 2.75) is 20.4 Å². The number of sulfonamides is 1. The molecule has 1 N–H and O–H groups in total. The zero-order valence-corrected chi connectivity index (χ0v) is 11.7. The van der Waals surface area contributed by atoms with Crippen LogP contribution in [-0.4, -0.2) is 41.1 Å². The van der Waals surface area contributed by atoms with E-state index in [0.29, 0.717) is 17.2 Å². The fraction of sp³-hybridized carbons (Fsp3) is 0.600. The third kappa shape index (κ3) is 2.55. The molecule has 1 aromatic rings. The topological polar surface area (TPSA) is 87.6 Å². The number of carbonyl (C=O) groups is 1. The third-order valence-corrected chi connectivity index (χ3v) is 5.94. The number of thiazole rings is 1. The van der Waals surface area contributed by atoms with E-state index >= 15 is 0 Å². The van der Waals surface area contributed by atoms with Crippen LogP contribution in [0.5, 0.6) is 0 Å². The number of hydrogen-bond acceptors (Lipinski definition) is 5. The minimum absolute atomic E-state index is 0.106. The molecule has 6 nitrogen and oxygen atoms in total. The van der Waals surface area contributed by atoms with Gasteiger partial charge >= 0.3 is 5.97 Å². The van der Waals surface area contributed by atoms with Gasteiger partial charge in [0.25, 0.3) is 0 Å². The minimum Gasteiger partial charge on any atom is -0.477 e. The van der Waals surface area contributed by atoms with Crippen LogP contribution in [0.3, 0.4) is 0 Å². The first-order valence-electron chi connectivity index (χ1n) is 5.47. The van der Waals surface area contributed by atoms with E-state index in [1.54, 1.807) is 6.92 Å². The summed E-state index contributed by atoms with van der Waals surface area (Å²) in [5.41, 5.74) is 0.437. The molecule has 0 saturated carbocycles. The largest absolute Gasteiger partial charge is 0.477 e. The molecule has 0 bridgehead atoms. The maximum Gasteiger partial charge on any atom is 0.347 e. The molecule has 0 spiro atoms. The lowest BCUT2D eigenvalue weighted by atomic mass is 10.2. The summed E-state index contributed by atoms with van der Waals surface area (Å²) < 4.78 is 25.0. The van der Waals surface area contributed by atoms with Gasteiger partial charge < -0.3 is 5.11 Å². The van der Waals surface area contributed by atoms with Crippen molar-refractivity contribution in [2.24, 2.45) is 5.92 Å². The van der Waals surface area contributed by atoms with E-state index in [1.807, 2.05) is 6.92 Å². The Morgan fingerprint density at radius 3 is 2.72 bits per heavy atom. The van der Waals surface area contributed by atoms with Crippen LogP contribution < -0.4 is 0 Å². The molecule has 0 aliphatic carbocycles. The van der Waals surface area contributed by atoms with E-state index < -0.39 is 16.0 Å². The predicted octanol–water partition coefficient (Wildman–Crippen LogP) is 0.931. The van der Waals surface area contributed by atoms with E-state index in [0.717, 1.165) is 11.3 Å². The Bertz CT molecular complexity index is 579. The van der Waals surface area contributed by atoms with Crippen LogP contribution in [0.25, 0.3) is 0 Å². The number of carboxylic acid groups (broad SMARTS) is 1. The molecule has 0 radical (unpaired) electrons. The van der Waals surface area contributed by atoms with Crippen molar-refractivity contribution in [3.05, 3.63) is 15.6 Å². The third-order valence-electron chi connectivity index (χ3n) is 2.75. The van der Waals surface area contributed by atoms with Crippen molar-refractivity contribution in [3.8, 4) is 0 Å². The molecule has 2 rings (SSSR count). The molecule has 0 amide bonds. The first-order valence-corrected chi connectivity index (χ1v) is 7.89. The number of nitrogens with zero attached hydrogens (tertiary/aromatic N) is 2. The molecule has 100 valence electrons. The van der Waals surface area contributed by atoms with Crippen LogP contribution >= 0.6 is 11.3 Å². The summed E-state index contributed by atoms with van der Waals surface area (Å²) in [7, 11) is -3.21. The molecular weight excluding hydrogens is 276 g/mol. The normalized spacial score (nSPS) is 23.3. The number of rotatable bonds is 3. The molecule has 1 fully saturated rings. The first-order chi connectivity index (χ1) is 8.29. The molecule has 1 atom stereocenters. The predicted molar refractivity (Wildman–Crippen MR) is 67.2 cm³/mol. The zero-order chi connectivity index (χ0) is 13.5. The summed E-state index contributed by atoms with van der Waals surface area (Å²) in [6, 6.07) is 0. The van der Waals surface area contributed by atoms with Crippen molar-refractivity contribution in [1.29, 1.82) is 0 Å². The van der Waals surface area contributed by atoms with Gasteiger partial charge in [-0.2, -0.15) is 4.31 Å². The maximum absolute atomic E-state index is 11.8. The summed E-state index contributed by atoms with van der Waals surface area (Å²) >= 11 is 1.04. The highest BCUT2D eigenvalue weighted by atomic mass is 32.2. The molecule has 8 heteroatoms. The van der Waals surface area contributed by atoms with Crippen LogP contribution in [-0.2, 0) is 16.6 Å². The average molecular weight is 290 g/mol. The molecule has 2 heterocycles. The number of aromatic nitrogens is 1. The van der Waals surface area contributed by atoms with E-state index in [2.05, 4.69) is 4.98 Å². The molecule has 18 heavy (non-hydrogen) atoms. The lowest BCUT2D eigenvalue weighted by Gasteiger charge is -2.11. The molecule has 1 saturated heterocycles. The van der Waals surface area contributed by atoms with E-state index in [-0.39, 0.29) is 23.1 Å². The molecule has 1 aliphatic heterocycles.